The van der Waals surface area contributed by atoms with Crippen molar-refractivity contribution in [1.29, 1.82) is 0 Å². The van der Waals surface area contributed by atoms with Gasteiger partial charge < -0.3 is 14.1 Å². The van der Waals surface area contributed by atoms with E-state index < -0.39 is 0 Å². The highest BCUT2D eigenvalue weighted by atomic mass is 35.5. The van der Waals surface area contributed by atoms with Crippen LogP contribution >= 0.6 is 11.6 Å². The normalized spacial score (nSPS) is 14.0. The van der Waals surface area contributed by atoms with Crippen LogP contribution in [0.3, 0.4) is 0 Å². The molecular formula is C16H16ClNO3. The standard InChI is InChI=1S/C16H16ClNO3/c1-20-14-5-3-2-4-11(14)10-18(12-6-7-12)16(19)13-8-9-21-15(13)17/h2-5,8-9,12H,6-7,10H2,1H3. The molecule has 1 fully saturated rings. The van der Waals surface area contributed by atoms with E-state index in [9.17, 15) is 4.79 Å². The highest BCUT2D eigenvalue weighted by Gasteiger charge is 2.34. The molecule has 1 aromatic carbocycles. The smallest absolute Gasteiger partial charge is 0.259 e. The molecule has 1 aromatic heterocycles. The van der Waals surface area contributed by atoms with Crippen LogP contribution < -0.4 is 4.74 Å². The highest BCUT2D eigenvalue weighted by Crippen LogP contribution is 2.32. The first kappa shape index (κ1) is 14.0. The molecule has 0 saturated heterocycles. The second-order valence-corrected chi connectivity index (χ2v) is 5.43. The predicted molar refractivity (Wildman–Crippen MR) is 79.6 cm³/mol. The lowest BCUT2D eigenvalue weighted by Crippen LogP contribution is -2.32. The lowest BCUT2D eigenvalue weighted by atomic mass is 10.1. The van der Waals surface area contributed by atoms with Crippen molar-refractivity contribution in [2.45, 2.75) is 25.4 Å². The van der Waals surface area contributed by atoms with Gasteiger partial charge in [-0.2, -0.15) is 0 Å². The number of para-hydroxylation sites is 1. The zero-order valence-electron chi connectivity index (χ0n) is 11.7. The van der Waals surface area contributed by atoms with E-state index in [4.69, 9.17) is 20.8 Å². The van der Waals surface area contributed by atoms with Gasteiger partial charge in [0.05, 0.1) is 18.9 Å². The van der Waals surface area contributed by atoms with E-state index in [1.807, 2.05) is 29.2 Å². The third kappa shape index (κ3) is 2.90. The van der Waals surface area contributed by atoms with E-state index in [-0.39, 0.29) is 17.2 Å². The Morgan fingerprint density at radius 3 is 2.76 bits per heavy atom. The van der Waals surface area contributed by atoms with Gasteiger partial charge >= 0.3 is 0 Å². The second kappa shape index (κ2) is 5.82. The Morgan fingerprint density at radius 2 is 2.14 bits per heavy atom. The van der Waals surface area contributed by atoms with Crippen molar-refractivity contribution in [3.05, 3.63) is 52.9 Å². The molecule has 1 aliphatic rings. The molecule has 0 bridgehead atoms. The molecule has 0 aliphatic heterocycles. The van der Waals surface area contributed by atoms with Crippen molar-refractivity contribution in [3.8, 4) is 5.75 Å². The molecule has 0 spiro atoms. The number of benzene rings is 1. The Hall–Kier alpha value is -1.94. The Balaban J connectivity index is 1.86. The fraction of sp³-hybridized carbons (Fsp3) is 0.312. The van der Waals surface area contributed by atoms with Crippen LogP contribution in [0.15, 0.2) is 41.0 Å². The average Bonchev–Trinajstić information content (AvgIpc) is 3.25. The minimum atomic E-state index is -0.0952. The van der Waals surface area contributed by atoms with Crippen LogP contribution in [-0.4, -0.2) is 24.0 Å². The first-order valence-electron chi connectivity index (χ1n) is 6.86. The maximum absolute atomic E-state index is 12.7. The summed E-state index contributed by atoms with van der Waals surface area (Å²) < 4.78 is 10.4. The average molecular weight is 306 g/mol. The largest absolute Gasteiger partial charge is 0.496 e. The van der Waals surface area contributed by atoms with Crippen molar-refractivity contribution in [3.63, 3.8) is 0 Å². The number of nitrogens with zero attached hydrogens (tertiary/aromatic N) is 1. The van der Waals surface area contributed by atoms with Gasteiger partial charge in [-0.25, -0.2) is 0 Å². The van der Waals surface area contributed by atoms with Gasteiger partial charge in [-0.15, -0.1) is 0 Å². The Morgan fingerprint density at radius 1 is 1.38 bits per heavy atom. The highest BCUT2D eigenvalue weighted by molar-refractivity contribution is 6.32. The molecule has 110 valence electrons. The summed E-state index contributed by atoms with van der Waals surface area (Å²) in [7, 11) is 1.63. The number of halogens is 1. The first-order valence-corrected chi connectivity index (χ1v) is 7.24. The van der Waals surface area contributed by atoms with Gasteiger partial charge in [0.15, 0.2) is 0 Å². The molecule has 1 saturated carbocycles. The summed E-state index contributed by atoms with van der Waals surface area (Å²) in [6.45, 7) is 0.509. The Kier molecular flexibility index (Phi) is 3.88. The van der Waals surface area contributed by atoms with E-state index in [0.29, 0.717) is 12.1 Å². The van der Waals surface area contributed by atoms with Crippen molar-refractivity contribution < 1.29 is 13.9 Å². The molecule has 5 heteroatoms. The van der Waals surface area contributed by atoms with Gasteiger partial charge in [0.1, 0.15) is 5.75 Å². The minimum Gasteiger partial charge on any atom is -0.496 e. The summed E-state index contributed by atoms with van der Waals surface area (Å²) in [4.78, 5) is 14.5. The van der Waals surface area contributed by atoms with Gasteiger partial charge in [-0.3, -0.25) is 4.79 Å². The molecule has 2 aromatic rings. The molecular weight excluding hydrogens is 290 g/mol. The van der Waals surface area contributed by atoms with Crippen molar-refractivity contribution in [2.24, 2.45) is 0 Å². The Labute approximate surface area is 128 Å². The third-order valence-electron chi connectivity index (χ3n) is 3.63. The van der Waals surface area contributed by atoms with Gasteiger partial charge in [0.2, 0.25) is 5.22 Å². The van der Waals surface area contributed by atoms with Gasteiger partial charge in [0, 0.05) is 18.2 Å². The topological polar surface area (TPSA) is 42.7 Å². The van der Waals surface area contributed by atoms with Gasteiger partial charge in [-0.05, 0) is 36.6 Å². The fourth-order valence-electron chi connectivity index (χ4n) is 2.37. The number of furan rings is 1. The van der Waals surface area contributed by atoms with E-state index in [0.717, 1.165) is 24.2 Å². The molecule has 0 radical (unpaired) electrons. The number of carbonyl (C=O) groups is 1. The van der Waals surface area contributed by atoms with Crippen LogP contribution in [0.2, 0.25) is 5.22 Å². The minimum absolute atomic E-state index is 0.0952. The Bertz CT molecular complexity index is 648. The summed E-state index contributed by atoms with van der Waals surface area (Å²) in [6, 6.07) is 9.61. The summed E-state index contributed by atoms with van der Waals surface area (Å²) in [5, 5.41) is 0.144. The number of hydrogen-bond donors (Lipinski definition) is 0. The lowest BCUT2D eigenvalue weighted by molar-refractivity contribution is 0.0728. The van der Waals surface area contributed by atoms with Gasteiger partial charge in [0.25, 0.3) is 5.91 Å². The first-order chi connectivity index (χ1) is 10.2. The maximum atomic E-state index is 12.7. The fourth-order valence-corrected chi connectivity index (χ4v) is 2.57. The molecule has 21 heavy (non-hydrogen) atoms. The van der Waals surface area contributed by atoms with Crippen LogP contribution in [0.5, 0.6) is 5.75 Å². The third-order valence-corrected chi connectivity index (χ3v) is 3.92. The molecule has 0 atom stereocenters. The summed E-state index contributed by atoms with van der Waals surface area (Å²) >= 11 is 5.93. The molecule has 0 N–H and O–H groups in total. The maximum Gasteiger partial charge on any atom is 0.259 e. The van der Waals surface area contributed by atoms with Crippen LogP contribution in [0.25, 0.3) is 0 Å². The quantitative estimate of drug-likeness (QED) is 0.845. The predicted octanol–water partition coefficient (Wildman–Crippen LogP) is 3.75. The SMILES string of the molecule is COc1ccccc1CN(C(=O)c1ccoc1Cl)C1CC1. The van der Waals surface area contributed by atoms with E-state index in [1.54, 1.807) is 13.2 Å². The van der Waals surface area contributed by atoms with Crippen LogP contribution in [0.1, 0.15) is 28.8 Å². The van der Waals surface area contributed by atoms with E-state index >= 15 is 0 Å². The summed E-state index contributed by atoms with van der Waals surface area (Å²) in [5.74, 6) is 0.691. The lowest BCUT2D eigenvalue weighted by Gasteiger charge is -2.23. The van der Waals surface area contributed by atoms with Crippen LogP contribution in [0.4, 0.5) is 0 Å². The van der Waals surface area contributed by atoms with Crippen molar-refractivity contribution >= 4 is 17.5 Å². The molecule has 1 aliphatic carbocycles. The molecule has 4 nitrogen and oxygen atoms in total. The number of methoxy groups -OCH3 is 1. The molecule has 0 unspecified atom stereocenters. The zero-order valence-corrected chi connectivity index (χ0v) is 12.5. The van der Waals surface area contributed by atoms with Crippen molar-refractivity contribution in [2.75, 3.05) is 7.11 Å². The monoisotopic (exact) mass is 305 g/mol. The van der Waals surface area contributed by atoms with E-state index in [2.05, 4.69) is 0 Å². The molecule has 1 amide bonds. The number of hydrogen-bond acceptors (Lipinski definition) is 3. The van der Waals surface area contributed by atoms with Crippen LogP contribution in [0, 0.1) is 0 Å². The van der Waals surface area contributed by atoms with E-state index in [1.165, 1.54) is 6.26 Å². The van der Waals surface area contributed by atoms with Crippen LogP contribution in [-0.2, 0) is 6.54 Å². The zero-order chi connectivity index (χ0) is 14.8. The second-order valence-electron chi connectivity index (χ2n) is 5.08. The summed E-state index contributed by atoms with van der Waals surface area (Å²) in [6.07, 6.45) is 3.48. The molecule has 3 rings (SSSR count). The van der Waals surface area contributed by atoms with Gasteiger partial charge in [-0.1, -0.05) is 18.2 Å². The number of amides is 1. The number of carbonyl (C=O) groups excluding carboxylic acids is 1. The number of ether oxygens (including phenoxy) is 1. The van der Waals surface area contributed by atoms with Crippen molar-refractivity contribution in [1.82, 2.24) is 4.90 Å². The molecule has 1 heterocycles. The summed E-state index contributed by atoms with van der Waals surface area (Å²) in [5.41, 5.74) is 1.40. The number of rotatable bonds is 5.